The predicted octanol–water partition coefficient (Wildman–Crippen LogP) is 2.77. The summed E-state index contributed by atoms with van der Waals surface area (Å²) in [5.41, 5.74) is 1.11. The molecule has 0 saturated heterocycles. The zero-order chi connectivity index (χ0) is 9.10. The number of rotatable bonds is 3. The van der Waals surface area contributed by atoms with Crippen molar-refractivity contribution >= 4 is 10.9 Å². The molecule has 2 aromatic rings. The first-order valence-electron chi connectivity index (χ1n) is 4.40. The molecule has 0 amide bonds. The molecule has 0 atom stereocenters. The summed E-state index contributed by atoms with van der Waals surface area (Å²) in [5, 5.41) is 1.14. The van der Waals surface area contributed by atoms with E-state index >= 15 is 0 Å². The summed E-state index contributed by atoms with van der Waals surface area (Å²) in [6.45, 7) is 4.40. The molecule has 67 valence electrons. The minimum atomic E-state index is 0.668. The lowest BCUT2D eigenvalue weighted by Crippen LogP contribution is -1.93. The van der Waals surface area contributed by atoms with Crippen LogP contribution >= 0.6 is 0 Å². The third-order valence-corrected chi connectivity index (χ3v) is 1.95. The van der Waals surface area contributed by atoms with Gasteiger partial charge in [0.25, 0.3) is 0 Å². The Labute approximate surface area is 77.5 Å². The fraction of sp³-hybridized carbons (Fsp3) is 0.182. The number of fused-ring (bicyclic) bond motifs is 1. The van der Waals surface area contributed by atoms with Gasteiger partial charge < -0.3 is 9.72 Å². The summed E-state index contributed by atoms with van der Waals surface area (Å²) in [7, 11) is 0. The molecule has 0 aliphatic heterocycles. The molecule has 0 spiro atoms. The minimum absolute atomic E-state index is 0.668. The molecule has 1 heterocycles. The molecule has 0 saturated carbocycles. The van der Waals surface area contributed by atoms with Crippen molar-refractivity contribution in [3.05, 3.63) is 37.4 Å². The quantitative estimate of drug-likeness (QED) is 0.760. The van der Waals surface area contributed by atoms with E-state index in [4.69, 9.17) is 4.74 Å². The lowest BCUT2D eigenvalue weighted by atomic mass is 10.2. The third-order valence-electron chi connectivity index (χ3n) is 1.95. The highest BCUT2D eigenvalue weighted by Crippen LogP contribution is 2.24. The number of nitrogens with one attached hydrogen (secondary N) is 1. The SMILES string of the molecule is [CH2]CCOc1c[nH]c2ccccc12. The van der Waals surface area contributed by atoms with Crippen molar-refractivity contribution in [3.63, 3.8) is 0 Å². The normalized spacial score (nSPS) is 10.5. The number of ether oxygens (including phenoxy) is 1. The maximum atomic E-state index is 5.51. The number of aromatic amines is 1. The highest BCUT2D eigenvalue weighted by Gasteiger charge is 2.01. The maximum Gasteiger partial charge on any atom is 0.144 e. The summed E-state index contributed by atoms with van der Waals surface area (Å²) in [5.74, 6) is 0.916. The topological polar surface area (TPSA) is 25.0 Å². The summed E-state index contributed by atoms with van der Waals surface area (Å²) >= 11 is 0. The van der Waals surface area contributed by atoms with Crippen LogP contribution in [0.25, 0.3) is 10.9 Å². The first-order valence-corrected chi connectivity index (χ1v) is 4.40. The smallest absolute Gasteiger partial charge is 0.144 e. The molecule has 1 aromatic heterocycles. The second-order valence-electron chi connectivity index (χ2n) is 2.90. The Morgan fingerprint density at radius 3 is 3.00 bits per heavy atom. The van der Waals surface area contributed by atoms with E-state index in [0.717, 1.165) is 23.1 Å². The fourth-order valence-electron chi connectivity index (χ4n) is 1.35. The largest absolute Gasteiger partial charge is 0.491 e. The number of para-hydroxylation sites is 1. The number of H-pyrrole nitrogens is 1. The second kappa shape index (κ2) is 3.52. The van der Waals surface area contributed by atoms with Gasteiger partial charge in [0.1, 0.15) is 5.75 Å². The Bertz CT molecular complexity index is 392. The number of hydrogen-bond donors (Lipinski definition) is 1. The molecule has 2 rings (SSSR count). The van der Waals surface area contributed by atoms with E-state index in [1.165, 1.54) is 0 Å². The van der Waals surface area contributed by atoms with Gasteiger partial charge in [0.15, 0.2) is 0 Å². The predicted molar refractivity (Wildman–Crippen MR) is 53.8 cm³/mol. The van der Waals surface area contributed by atoms with Crippen LogP contribution in [0.15, 0.2) is 30.5 Å². The molecule has 0 aliphatic rings. The van der Waals surface area contributed by atoms with Crippen molar-refractivity contribution in [1.82, 2.24) is 4.98 Å². The van der Waals surface area contributed by atoms with Crippen molar-refractivity contribution in [2.45, 2.75) is 6.42 Å². The second-order valence-corrected chi connectivity index (χ2v) is 2.90. The van der Waals surface area contributed by atoms with E-state index in [1.807, 2.05) is 30.5 Å². The molecule has 0 aliphatic carbocycles. The highest BCUT2D eigenvalue weighted by molar-refractivity contribution is 5.85. The zero-order valence-electron chi connectivity index (χ0n) is 7.42. The van der Waals surface area contributed by atoms with E-state index in [9.17, 15) is 0 Å². The van der Waals surface area contributed by atoms with Crippen LogP contribution in [0.2, 0.25) is 0 Å². The van der Waals surface area contributed by atoms with Gasteiger partial charge in [-0.3, -0.25) is 0 Å². The third kappa shape index (κ3) is 1.52. The van der Waals surface area contributed by atoms with Gasteiger partial charge >= 0.3 is 0 Å². The van der Waals surface area contributed by atoms with Crippen LogP contribution in [0.5, 0.6) is 5.75 Å². The summed E-state index contributed by atoms with van der Waals surface area (Å²) < 4.78 is 5.51. The Kier molecular flexibility index (Phi) is 2.21. The zero-order valence-corrected chi connectivity index (χ0v) is 7.42. The van der Waals surface area contributed by atoms with Crippen LogP contribution in [0, 0.1) is 6.92 Å². The molecule has 1 N–H and O–H groups in total. The molecule has 0 unspecified atom stereocenters. The Hall–Kier alpha value is -1.44. The monoisotopic (exact) mass is 174 g/mol. The van der Waals surface area contributed by atoms with Crippen LogP contribution in [0.1, 0.15) is 6.42 Å². The van der Waals surface area contributed by atoms with E-state index in [1.54, 1.807) is 0 Å². The van der Waals surface area contributed by atoms with E-state index in [-0.39, 0.29) is 0 Å². The molecule has 13 heavy (non-hydrogen) atoms. The van der Waals surface area contributed by atoms with Crippen molar-refractivity contribution in [2.24, 2.45) is 0 Å². The molecule has 1 aromatic carbocycles. The number of benzene rings is 1. The van der Waals surface area contributed by atoms with Gasteiger partial charge in [-0.2, -0.15) is 0 Å². The average Bonchev–Trinajstić information content (AvgIpc) is 2.58. The van der Waals surface area contributed by atoms with Gasteiger partial charge in [-0.05, 0) is 25.5 Å². The van der Waals surface area contributed by atoms with Crippen molar-refractivity contribution in [2.75, 3.05) is 6.61 Å². The van der Waals surface area contributed by atoms with Gasteiger partial charge in [0.05, 0.1) is 6.61 Å². The van der Waals surface area contributed by atoms with Crippen LogP contribution in [-0.4, -0.2) is 11.6 Å². The molecule has 1 radical (unpaired) electrons. The minimum Gasteiger partial charge on any atom is -0.491 e. The molecule has 2 nitrogen and oxygen atoms in total. The van der Waals surface area contributed by atoms with E-state index in [0.29, 0.717) is 6.61 Å². The first-order chi connectivity index (χ1) is 6.42. The Morgan fingerprint density at radius 1 is 1.31 bits per heavy atom. The lowest BCUT2D eigenvalue weighted by Gasteiger charge is -2.00. The van der Waals surface area contributed by atoms with Crippen LogP contribution in [0.4, 0.5) is 0 Å². The van der Waals surface area contributed by atoms with Crippen molar-refractivity contribution < 1.29 is 4.74 Å². The van der Waals surface area contributed by atoms with Crippen LogP contribution in [-0.2, 0) is 0 Å². The van der Waals surface area contributed by atoms with Gasteiger partial charge in [-0.15, -0.1) is 0 Å². The van der Waals surface area contributed by atoms with Gasteiger partial charge in [-0.25, -0.2) is 0 Å². The van der Waals surface area contributed by atoms with Gasteiger partial charge in [-0.1, -0.05) is 12.1 Å². The van der Waals surface area contributed by atoms with Crippen LogP contribution < -0.4 is 4.74 Å². The standard InChI is InChI=1S/C11H12NO/c1-2-7-13-11-8-12-10-6-4-3-5-9(10)11/h3-6,8,12H,1-2,7H2. The maximum absolute atomic E-state index is 5.51. The summed E-state index contributed by atoms with van der Waals surface area (Å²) in [4.78, 5) is 3.15. The number of hydrogen-bond acceptors (Lipinski definition) is 1. The Morgan fingerprint density at radius 2 is 2.15 bits per heavy atom. The Balaban J connectivity index is 2.35. The molecule has 0 fully saturated rings. The van der Waals surface area contributed by atoms with Crippen LogP contribution in [0.3, 0.4) is 0 Å². The molecular weight excluding hydrogens is 162 g/mol. The number of aromatic nitrogens is 1. The average molecular weight is 174 g/mol. The van der Waals surface area contributed by atoms with E-state index in [2.05, 4.69) is 11.9 Å². The molecular formula is C11H12NO. The summed E-state index contributed by atoms with van der Waals surface area (Å²) in [6, 6.07) is 8.09. The van der Waals surface area contributed by atoms with Gasteiger partial charge in [0.2, 0.25) is 0 Å². The lowest BCUT2D eigenvalue weighted by molar-refractivity contribution is 0.328. The molecule has 2 heteroatoms. The van der Waals surface area contributed by atoms with Gasteiger partial charge in [0, 0.05) is 17.1 Å². The van der Waals surface area contributed by atoms with Crippen molar-refractivity contribution in [1.29, 1.82) is 0 Å². The fourth-order valence-corrected chi connectivity index (χ4v) is 1.35. The molecule has 0 bridgehead atoms. The first kappa shape index (κ1) is 8.17. The summed E-state index contributed by atoms with van der Waals surface area (Å²) in [6.07, 6.45) is 2.68. The highest BCUT2D eigenvalue weighted by atomic mass is 16.5. The van der Waals surface area contributed by atoms with Crippen molar-refractivity contribution in [3.8, 4) is 5.75 Å². The van der Waals surface area contributed by atoms with E-state index < -0.39 is 0 Å².